The zero-order valence-corrected chi connectivity index (χ0v) is 17.4. The van der Waals surface area contributed by atoms with Crippen LogP contribution in [0, 0.1) is 0 Å². The van der Waals surface area contributed by atoms with Crippen molar-refractivity contribution in [3.8, 4) is 5.75 Å². The molecule has 0 amide bonds. The SMILES string of the molecule is CC[C@]1(C)Cc2c(sc3nc(SCc4ccc(OC)cc4)nc(N)c23)CO1. The van der Waals surface area contributed by atoms with Crippen molar-refractivity contribution < 1.29 is 9.47 Å². The zero-order chi connectivity index (χ0) is 19.0. The molecule has 1 aliphatic rings. The van der Waals surface area contributed by atoms with Gasteiger partial charge >= 0.3 is 0 Å². The molecule has 2 N–H and O–H groups in total. The van der Waals surface area contributed by atoms with Crippen molar-refractivity contribution in [2.45, 2.75) is 49.8 Å². The van der Waals surface area contributed by atoms with Gasteiger partial charge in [-0.2, -0.15) is 0 Å². The topological polar surface area (TPSA) is 70.3 Å². The Hall–Kier alpha value is -1.83. The molecule has 0 unspecified atom stereocenters. The van der Waals surface area contributed by atoms with Gasteiger partial charge in [0.1, 0.15) is 16.4 Å². The normalized spacial score (nSPS) is 19.2. The summed E-state index contributed by atoms with van der Waals surface area (Å²) in [5, 5.41) is 1.74. The molecule has 1 aliphatic heterocycles. The molecule has 27 heavy (non-hydrogen) atoms. The molecule has 0 radical (unpaired) electrons. The van der Waals surface area contributed by atoms with Crippen LogP contribution in [0.2, 0.25) is 0 Å². The second kappa shape index (κ2) is 7.30. The van der Waals surface area contributed by atoms with Crippen molar-refractivity contribution in [3.63, 3.8) is 0 Å². The third-order valence-corrected chi connectivity index (χ3v) is 7.14. The summed E-state index contributed by atoms with van der Waals surface area (Å²) in [5.74, 6) is 2.23. The summed E-state index contributed by atoms with van der Waals surface area (Å²) < 4.78 is 11.3. The number of hydrogen-bond acceptors (Lipinski definition) is 7. The Bertz CT molecular complexity index is 972. The van der Waals surface area contributed by atoms with E-state index in [9.17, 15) is 0 Å². The number of benzene rings is 1. The van der Waals surface area contributed by atoms with Gasteiger partial charge in [0, 0.05) is 17.1 Å². The molecule has 142 valence electrons. The van der Waals surface area contributed by atoms with Crippen molar-refractivity contribution >= 4 is 39.1 Å². The Morgan fingerprint density at radius 1 is 1.30 bits per heavy atom. The molecule has 3 heterocycles. The van der Waals surface area contributed by atoms with E-state index < -0.39 is 0 Å². The Morgan fingerprint density at radius 3 is 2.78 bits per heavy atom. The van der Waals surface area contributed by atoms with Crippen molar-refractivity contribution in [1.82, 2.24) is 9.97 Å². The summed E-state index contributed by atoms with van der Waals surface area (Å²) in [4.78, 5) is 11.5. The molecule has 0 spiro atoms. The second-order valence-corrected chi connectivity index (χ2v) is 9.01. The van der Waals surface area contributed by atoms with Crippen LogP contribution in [0.25, 0.3) is 10.2 Å². The summed E-state index contributed by atoms with van der Waals surface area (Å²) in [6.45, 7) is 4.96. The van der Waals surface area contributed by atoms with Crippen molar-refractivity contribution in [1.29, 1.82) is 0 Å². The number of methoxy groups -OCH3 is 1. The molecule has 5 nitrogen and oxygen atoms in total. The average Bonchev–Trinajstić information content (AvgIpc) is 3.04. The zero-order valence-electron chi connectivity index (χ0n) is 15.7. The first-order valence-corrected chi connectivity index (χ1v) is 10.8. The number of nitrogens with two attached hydrogens (primary N) is 1. The second-order valence-electron chi connectivity index (χ2n) is 6.98. The Balaban J connectivity index is 1.59. The highest BCUT2D eigenvalue weighted by Crippen LogP contribution is 2.41. The third kappa shape index (κ3) is 3.63. The van der Waals surface area contributed by atoms with E-state index in [1.165, 1.54) is 16.0 Å². The van der Waals surface area contributed by atoms with Gasteiger partial charge in [-0.05, 0) is 36.6 Å². The maximum atomic E-state index is 6.35. The summed E-state index contributed by atoms with van der Waals surface area (Å²) in [6.07, 6.45) is 1.84. The first kappa shape index (κ1) is 18.5. The molecule has 0 fully saturated rings. The molecule has 4 rings (SSSR count). The van der Waals surface area contributed by atoms with E-state index in [4.69, 9.17) is 20.2 Å². The van der Waals surface area contributed by atoms with Crippen LogP contribution in [0.3, 0.4) is 0 Å². The molecule has 0 bridgehead atoms. The van der Waals surface area contributed by atoms with Gasteiger partial charge in [0.05, 0.1) is 24.7 Å². The fourth-order valence-corrected chi connectivity index (χ4v) is 5.22. The van der Waals surface area contributed by atoms with Crippen LogP contribution in [0.15, 0.2) is 29.4 Å². The molecule has 1 aromatic carbocycles. The summed E-state index contributed by atoms with van der Waals surface area (Å²) in [5.41, 5.74) is 8.69. The predicted octanol–water partition coefficient (Wildman–Crippen LogP) is 4.82. The standard InChI is InChI=1S/C20H23N3O2S2/c1-4-20(2)9-14-15(10-25-20)27-18-16(14)17(21)22-19(23-18)26-11-12-5-7-13(24-3)8-6-12/h5-8H,4,9-11H2,1-3H3,(H2,21,22,23)/t20-/m1/s1. The first-order valence-electron chi connectivity index (χ1n) is 8.99. The fourth-order valence-electron chi connectivity index (χ4n) is 3.24. The van der Waals surface area contributed by atoms with Gasteiger partial charge in [-0.3, -0.25) is 0 Å². The number of thiophene rings is 1. The maximum absolute atomic E-state index is 6.35. The highest BCUT2D eigenvalue weighted by Gasteiger charge is 2.32. The Kier molecular flexibility index (Phi) is 5.01. The third-order valence-electron chi connectivity index (χ3n) is 5.12. The lowest BCUT2D eigenvalue weighted by atomic mass is 9.90. The molecule has 3 aromatic rings. The van der Waals surface area contributed by atoms with Crippen LogP contribution >= 0.6 is 23.1 Å². The molecule has 0 aliphatic carbocycles. The monoisotopic (exact) mass is 401 g/mol. The summed E-state index contributed by atoms with van der Waals surface area (Å²) >= 11 is 3.28. The van der Waals surface area contributed by atoms with Gasteiger partial charge in [-0.15, -0.1) is 11.3 Å². The van der Waals surface area contributed by atoms with E-state index in [2.05, 4.69) is 31.0 Å². The quantitative estimate of drug-likeness (QED) is 0.488. The lowest BCUT2D eigenvalue weighted by Crippen LogP contribution is -2.33. The minimum Gasteiger partial charge on any atom is -0.497 e. The smallest absolute Gasteiger partial charge is 0.191 e. The number of hydrogen-bond donors (Lipinski definition) is 1. The molecular weight excluding hydrogens is 378 g/mol. The van der Waals surface area contributed by atoms with Crippen LogP contribution in [-0.2, 0) is 23.5 Å². The van der Waals surface area contributed by atoms with Gasteiger partial charge in [0.15, 0.2) is 5.16 Å². The number of ether oxygens (including phenoxy) is 2. The number of thioether (sulfide) groups is 1. The van der Waals surface area contributed by atoms with E-state index in [0.29, 0.717) is 17.6 Å². The number of nitrogens with zero attached hydrogens (tertiary/aromatic N) is 2. The highest BCUT2D eigenvalue weighted by atomic mass is 32.2. The molecule has 7 heteroatoms. The van der Waals surface area contributed by atoms with Crippen LogP contribution in [-0.4, -0.2) is 22.7 Å². The number of nitrogen functional groups attached to an aromatic ring is 1. The van der Waals surface area contributed by atoms with Crippen LogP contribution in [0.4, 0.5) is 5.82 Å². The average molecular weight is 402 g/mol. The van der Waals surface area contributed by atoms with Crippen molar-refractivity contribution in [2.24, 2.45) is 0 Å². The van der Waals surface area contributed by atoms with Crippen LogP contribution in [0.5, 0.6) is 5.75 Å². The lowest BCUT2D eigenvalue weighted by molar-refractivity contribution is -0.0542. The van der Waals surface area contributed by atoms with Crippen LogP contribution in [0.1, 0.15) is 36.3 Å². The van der Waals surface area contributed by atoms with Crippen LogP contribution < -0.4 is 10.5 Å². The largest absolute Gasteiger partial charge is 0.497 e. The van der Waals surface area contributed by atoms with Gasteiger partial charge in [-0.1, -0.05) is 30.8 Å². The lowest BCUT2D eigenvalue weighted by Gasteiger charge is -2.33. The highest BCUT2D eigenvalue weighted by molar-refractivity contribution is 7.98. The Labute approximate surface area is 167 Å². The minimum absolute atomic E-state index is 0.130. The molecule has 0 saturated carbocycles. The molecular formula is C20H23N3O2S2. The number of fused-ring (bicyclic) bond motifs is 3. The van der Waals surface area contributed by atoms with E-state index in [1.807, 2.05) is 12.1 Å². The molecule has 1 atom stereocenters. The Morgan fingerprint density at radius 2 is 2.07 bits per heavy atom. The molecule has 2 aromatic heterocycles. The first-order chi connectivity index (χ1) is 13.0. The van der Waals surface area contributed by atoms with Gasteiger partial charge in [-0.25, -0.2) is 9.97 Å². The maximum Gasteiger partial charge on any atom is 0.191 e. The number of rotatable bonds is 5. The fraction of sp³-hybridized carbons (Fsp3) is 0.400. The van der Waals surface area contributed by atoms with Gasteiger partial charge in [0.25, 0.3) is 0 Å². The van der Waals surface area contributed by atoms with Gasteiger partial charge in [0.2, 0.25) is 0 Å². The number of anilines is 1. The van der Waals surface area contributed by atoms with Crippen molar-refractivity contribution in [2.75, 3.05) is 12.8 Å². The number of aromatic nitrogens is 2. The van der Waals surface area contributed by atoms with E-state index in [-0.39, 0.29) is 5.60 Å². The predicted molar refractivity (Wildman–Crippen MR) is 112 cm³/mol. The molecule has 0 saturated heterocycles. The van der Waals surface area contributed by atoms with Gasteiger partial charge < -0.3 is 15.2 Å². The van der Waals surface area contributed by atoms with E-state index in [0.717, 1.165) is 34.6 Å². The van der Waals surface area contributed by atoms with E-state index >= 15 is 0 Å². The summed E-state index contributed by atoms with van der Waals surface area (Å²) in [6, 6.07) is 8.04. The van der Waals surface area contributed by atoms with Crippen molar-refractivity contribution in [3.05, 3.63) is 40.3 Å². The minimum atomic E-state index is -0.130. The summed E-state index contributed by atoms with van der Waals surface area (Å²) in [7, 11) is 1.67. The van der Waals surface area contributed by atoms with E-state index in [1.54, 1.807) is 30.2 Å².